The number of piperazine rings is 1. The predicted octanol–water partition coefficient (Wildman–Crippen LogP) is 3.53. The summed E-state index contributed by atoms with van der Waals surface area (Å²) in [5, 5.41) is 0. The van der Waals surface area contributed by atoms with Crippen molar-refractivity contribution in [3.63, 3.8) is 0 Å². The molecule has 0 atom stereocenters. The Labute approximate surface area is 214 Å². The van der Waals surface area contributed by atoms with Gasteiger partial charge in [0.15, 0.2) is 0 Å². The van der Waals surface area contributed by atoms with Gasteiger partial charge in [-0.3, -0.25) is 4.79 Å². The highest BCUT2D eigenvalue weighted by Gasteiger charge is 2.28. The fourth-order valence-corrected chi connectivity index (χ4v) is 5.48. The van der Waals surface area contributed by atoms with Gasteiger partial charge in [-0.05, 0) is 36.4 Å². The first kappa shape index (κ1) is 25.9. The van der Waals surface area contributed by atoms with E-state index in [2.05, 4.69) is 16.8 Å². The van der Waals surface area contributed by atoms with E-state index in [0.717, 1.165) is 37.3 Å². The summed E-state index contributed by atoms with van der Waals surface area (Å²) in [5.74, 6) is -0.206. The number of likely N-dealkylation sites (N-methyl/N-ethyl adjacent to an activating group) is 1. The molecule has 0 radical (unpaired) electrons. The lowest BCUT2D eigenvalue weighted by molar-refractivity contribution is 0.0730. The number of amides is 1. The van der Waals surface area contributed by atoms with Gasteiger partial charge >= 0.3 is 0 Å². The molecule has 36 heavy (non-hydrogen) atoms. The molecule has 1 aliphatic heterocycles. The van der Waals surface area contributed by atoms with Crippen LogP contribution in [0.2, 0.25) is 0 Å². The summed E-state index contributed by atoms with van der Waals surface area (Å²) >= 11 is 0. The van der Waals surface area contributed by atoms with Crippen molar-refractivity contribution in [2.45, 2.75) is 18.0 Å². The minimum Gasteiger partial charge on any atom is -0.368 e. The molecule has 0 unspecified atom stereocenters. The molecule has 3 aromatic rings. The van der Waals surface area contributed by atoms with Crippen LogP contribution in [0.3, 0.4) is 0 Å². The number of hydrogen-bond acceptors (Lipinski definition) is 5. The van der Waals surface area contributed by atoms with Crippen LogP contribution in [0.5, 0.6) is 0 Å². The Kier molecular flexibility index (Phi) is 8.08. The number of rotatable bonds is 8. The van der Waals surface area contributed by atoms with Gasteiger partial charge in [-0.1, -0.05) is 60.7 Å². The predicted molar refractivity (Wildman–Crippen MR) is 143 cm³/mol. The highest BCUT2D eigenvalue weighted by Crippen LogP contribution is 2.30. The second kappa shape index (κ2) is 11.2. The lowest BCUT2D eigenvalue weighted by Gasteiger charge is -2.35. The Morgan fingerprint density at radius 3 is 1.83 bits per heavy atom. The zero-order chi connectivity index (χ0) is 25.7. The summed E-state index contributed by atoms with van der Waals surface area (Å²) in [7, 11) is 1.34. The molecule has 1 aliphatic rings. The molecule has 8 heteroatoms. The van der Waals surface area contributed by atoms with Gasteiger partial charge in [0, 0.05) is 58.9 Å². The summed E-state index contributed by atoms with van der Waals surface area (Å²) in [6.07, 6.45) is 0. The second-order valence-electron chi connectivity index (χ2n) is 9.39. The topological polar surface area (TPSA) is 64.2 Å². The molecule has 0 bridgehead atoms. The molecule has 1 amide bonds. The number of benzene rings is 3. The van der Waals surface area contributed by atoms with Gasteiger partial charge in [-0.2, -0.15) is 0 Å². The molecule has 0 aromatic heterocycles. The van der Waals surface area contributed by atoms with E-state index in [1.807, 2.05) is 60.7 Å². The van der Waals surface area contributed by atoms with Crippen LogP contribution in [0.25, 0.3) is 0 Å². The molecule has 0 saturated carbocycles. The molecular formula is C28H34N4O3S. The summed E-state index contributed by atoms with van der Waals surface area (Å²) in [6, 6.07) is 24.8. The van der Waals surface area contributed by atoms with E-state index < -0.39 is 10.0 Å². The van der Waals surface area contributed by atoms with E-state index in [-0.39, 0.29) is 10.8 Å². The van der Waals surface area contributed by atoms with Crippen LogP contribution in [-0.4, -0.2) is 75.8 Å². The summed E-state index contributed by atoms with van der Waals surface area (Å²) < 4.78 is 27.9. The van der Waals surface area contributed by atoms with Crippen LogP contribution in [0.15, 0.2) is 83.8 Å². The molecule has 0 spiro atoms. The second-order valence-corrected chi connectivity index (χ2v) is 11.5. The van der Waals surface area contributed by atoms with Crippen LogP contribution in [0.4, 0.5) is 5.69 Å². The Hall–Kier alpha value is -3.20. The van der Waals surface area contributed by atoms with Crippen LogP contribution < -0.4 is 4.90 Å². The SMILES string of the molecule is CN1CCN(c2ccc(C(=O)N(Cc3ccccc3)Cc3ccccc3)cc2S(=O)(=O)N(C)C)CC1. The lowest BCUT2D eigenvalue weighted by Crippen LogP contribution is -2.45. The maximum Gasteiger partial charge on any atom is 0.254 e. The molecule has 1 heterocycles. The molecule has 1 fully saturated rings. The maximum absolute atomic E-state index is 13.8. The third-order valence-corrected chi connectivity index (χ3v) is 8.37. The van der Waals surface area contributed by atoms with Crippen molar-refractivity contribution in [3.05, 3.63) is 95.6 Å². The number of sulfonamides is 1. The Morgan fingerprint density at radius 1 is 0.806 bits per heavy atom. The zero-order valence-electron chi connectivity index (χ0n) is 21.2. The minimum absolute atomic E-state index is 0.169. The Balaban J connectivity index is 1.72. The van der Waals surface area contributed by atoms with Gasteiger partial charge in [-0.15, -0.1) is 0 Å². The molecule has 1 saturated heterocycles. The fraction of sp³-hybridized carbons (Fsp3) is 0.321. The van der Waals surface area contributed by atoms with Crippen LogP contribution in [0.1, 0.15) is 21.5 Å². The number of carbonyl (C=O) groups excluding carboxylic acids is 1. The number of carbonyl (C=O) groups is 1. The molecule has 190 valence electrons. The molecule has 7 nitrogen and oxygen atoms in total. The third-order valence-electron chi connectivity index (χ3n) is 6.53. The van der Waals surface area contributed by atoms with Crippen molar-refractivity contribution in [2.24, 2.45) is 0 Å². The quantitative estimate of drug-likeness (QED) is 0.468. The van der Waals surface area contributed by atoms with E-state index in [1.54, 1.807) is 23.1 Å². The van der Waals surface area contributed by atoms with E-state index in [0.29, 0.717) is 24.3 Å². The third kappa shape index (κ3) is 5.95. The largest absolute Gasteiger partial charge is 0.368 e. The molecule has 0 N–H and O–H groups in total. The smallest absolute Gasteiger partial charge is 0.254 e. The highest BCUT2D eigenvalue weighted by atomic mass is 32.2. The molecule has 3 aromatic carbocycles. The van der Waals surface area contributed by atoms with Gasteiger partial charge in [-0.25, -0.2) is 12.7 Å². The average Bonchev–Trinajstić information content (AvgIpc) is 2.89. The first-order valence-electron chi connectivity index (χ1n) is 12.1. The molecular weight excluding hydrogens is 472 g/mol. The number of hydrogen-bond donors (Lipinski definition) is 0. The first-order chi connectivity index (χ1) is 17.3. The standard InChI is InChI=1S/C28H34N4O3S/c1-29(2)36(34,35)27-20-25(14-15-26(27)31-18-16-30(3)17-19-31)28(33)32(21-23-10-6-4-7-11-23)22-24-12-8-5-9-13-24/h4-15,20H,16-19,21-22H2,1-3H3. The van der Waals surface area contributed by atoms with Crippen molar-refractivity contribution in [1.82, 2.24) is 14.1 Å². The van der Waals surface area contributed by atoms with Crippen LogP contribution >= 0.6 is 0 Å². The van der Waals surface area contributed by atoms with E-state index in [4.69, 9.17) is 0 Å². The number of nitrogens with zero attached hydrogens (tertiary/aromatic N) is 4. The lowest BCUT2D eigenvalue weighted by atomic mass is 10.1. The van der Waals surface area contributed by atoms with Gasteiger partial charge in [0.1, 0.15) is 4.90 Å². The van der Waals surface area contributed by atoms with Gasteiger partial charge < -0.3 is 14.7 Å². The molecule has 0 aliphatic carbocycles. The van der Waals surface area contributed by atoms with E-state index in [1.165, 1.54) is 18.4 Å². The average molecular weight is 507 g/mol. The fourth-order valence-electron chi connectivity index (χ4n) is 4.35. The Bertz CT molecular complexity index is 1230. The van der Waals surface area contributed by atoms with Crippen LogP contribution in [0, 0.1) is 0 Å². The van der Waals surface area contributed by atoms with Gasteiger partial charge in [0.25, 0.3) is 5.91 Å². The van der Waals surface area contributed by atoms with Crippen molar-refractivity contribution >= 4 is 21.6 Å². The zero-order valence-corrected chi connectivity index (χ0v) is 22.0. The van der Waals surface area contributed by atoms with E-state index >= 15 is 0 Å². The summed E-state index contributed by atoms with van der Waals surface area (Å²) in [4.78, 5) is 20.1. The maximum atomic E-state index is 13.8. The highest BCUT2D eigenvalue weighted by molar-refractivity contribution is 7.89. The van der Waals surface area contributed by atoms with E-state index in [9.17, 15) is 13.2 Å². The monoisotopic (exact) mass is 506 g/mol. The van der Waals surface area contributed by atoms with Gasteiger partial charge in [0.05, 0.1) is 5.69 Å². The molecule has 4 rings (SSSR count). The van der Waals surface area contributed by atoms with Crippen molar-refractivity contribution in [3.8, 4) is 0 Å². The summed E-state index contributed by atoms with van der Waals surface area (Å²) in [6.45, 7) is 4.00. The normalized spacial score (nSPS) is 14.7. The number of anilines is 1. The first-order valence-corrected chi connectivity index (χ1v) is 13.6. The minimum atomic E-state index is -3.76. The van der Waals surface area contributed by atoms with Crippen LogP contribution in [-0.2, 0) is 23.1 Å². The van der Waals surface area contributed by atoms with Crippen molar-refractivity contribution < 1.29 is 13.2 Å². The van der Waals surface area contributed by atoms with Gasteiger partial charge in [0.2, 0.25) is 10.0 Å². The Morgan fingerprint density at radius 2 is 1.33 bits per heavy atom. The summed E-state index contributed by atoms with van der Waals surface area (Å²) in [5.41, 5.74) is 3.03. The van der Waals surface area contributed by atoms with Crippen molar-refractivity contribution in [1.29, 1.82) is 0 Å². The van der Waals surface area contributed by atoms with Crippen molar-refractivity contribution in [2.75, 3.05) is 52.2 Å².